The van der Waals surface area contributed by atoms with Crippen LogP contribution in [0.15, 0.2) is 89.3 Å². The van der Waals surface area contributed by atoms with Crippen molar-refractivity contribution in [3.8, 4) is 11.8 Å². The van der Waals surface area contributed by atoms with Crippen LogP contribution in [0.25, 0.3) is 0 Å². The van der Waals surface area contributed by atoms with Crippen molar-refractivity contribution in [1.29, 1.82) is 0 Å². The van der Waals surface area contributed by atoms with E-state index in [1.807, 2.05) is 0 Å². The number of ether oxygens (including phenoxy) is 4. The van der Waals surface area contributed by atoms with Crippen LogP contribution in [0.5, 0.6) is 11.8 Å². The van der Waals surface area contributed by atoms with Crippen molar-refractivity contribution in [2.45, 2.75) is 226 Å². The summed E-state index contributed by atoms with van der Waals surface area (Å²) in [6.45, 7) is 27.7. The van der Waals surface area contributed by atoms with Gasteiger partial charge in [-0.3, -0.25) is 44.1 Å². The van der Waals surface area contributed by atoms with Crippen molar-refractivity contribution < 1.29 is 63.9 Å². The monoisotopic (exact) mass is 1490 g/mol. The van der Waals surface area contributed by atoms with Gasteiger partial charge >= 0.3 is 11.9 Å². The smallest absolute Gasteiger partial charge is 0.312 e. The number of aromatic nitrogens is 7. The van der Waals surface area contributed by atoms with Gasteiger partial charge in [0.05, 0.1) is 119 Å². The first-order chi connectivity index (χ1) is 47.8. The standard InChI is InChI=1S/C28H36FN5O5S.C22H27FN6O3S.C21H31FN4O3S/c1-26(2,3)39-24(36)14-21-27(4,5)40(37)22(9-8-12-32-40)28(6,34-21)25-18(29)11-10-17(33-25)13-20(35)19-15-31-23(38-7)16-30-19;1-21(2)20(24)29-22(3,17-6-5-9-27-33(17,21)31)19-14(23)8-7-13(28-19)10-16(30)15-11-26-18(32-4)12-25-15;1-19(2,3)29-17(27)12-14-20(4,5)30(28)15(8-7-11-24-30)21(6,26-14)18-13(22)9-10-16(23)25-18/h10-11,15-16,22H,8-9,12-14H2,1-7H3;7-8,11-12,17H,5-6,9-10H2,1-4H3,(H2,24,29);9-10,15H,7-8,11-12H2,1-6H3,(H2,23,25)/t22-,28+,40-;17-,22+,33-;15-,21+,30-/m111/s1. The number of ketones is 2. The van der Waals surface area contributed by atoms with Crippen LogP contribution in [-0.2, 0) is 77.7 Å². The molecule has 6 aliphatic rings. The van der Waals surface area contributed by atoms with Crippen LogP contribution in [0.2, 0.25) is 0 Å². The van der Waals surface area contributed by atoms with Gasteiger partial charge < -0.3 is 30.4 Å². The van der Waals surface area contributed by atoms with Gasteiger partial charge in [0.25, 0.3) is 0 Å². The molecule has 26 nitrogen and oxygen atoms in total. The lowest BCUT2D eigenvalue weighted by atomic mass is 9.87. The summed E-state index contributed by atoms with van der Waals surface area (Å²) in [5.41, 5.74) is 8.42. The second-order valence-electron chi connectivity index (χ2n) is 30.2. The third kappa shape index (κ3) is 15.3. The van der Waals surface area contributed by atoms with E-state index < -0.39 is 116 Å². The van der Waals surface area contributed by atoms with Gasteiger partial charge in [-0.15, -0.1) is 0 Å². The summed E-state index contributed by atoms with van der Waals surface area (Å²) >= 11 is 0. The van der Waals surface area contributed by atoms with Crippen LogP contribution >= 0.6 is 0 Å². The van der Waals surface area contributed by atoms with Gasteiger partial charge in [-0.2, -0.15) is 0 Å². The third-order valence-electron chi connectivity index (χ3n) is 19.6. The molecule has 32 heteroatoms. The molecule has 0 aromatic carbocycles. The SMILES string of the molecule is CC(C)(C)OC(=O)CC1=N[C@](C)(c2nc(N)ccc2F)[C@H]2CCCN=[S@]2(=O)C1(C)C.COc1cnc(C(=O)Cc2ccc(F)c([C@@]3(C)N=C(CC(=O)OC(C)(C)C)C(C)(C)[S@@]4(=O)=NCCC[C@H]34)n2)cn1.COc1cnc(C(=O)Cc2ccc(F)c([C@@]3(C)N=C(N)C(C)(C)[S@@]4(=O)=NCCC[C@H]34)n2)cn1. The molecule has 0 amide bonds. The minimum Gasteiger partial charge on any atom is -0.480 e. The summed E-state index contributed by atoms with van der Waals surface area (Å²) in [6.07, 6.45) is 8.43. The van der Waals surface area contributed by atoms with Crippen molar-refractivity contribution >= 4 is 75.8 Å². The number of methoxy groups -OCH3 is 2. The van der Waals surface area contributed by atoms with E-state index in [1.165, 1.54) is 75.4 Å². The molecule has 11 rings (SSSR count). The van der Waals surface area contributed by atoms with Crippen LogP contribution in [0.1, 0.15) is 205 Å². The summed E-state index contributed by atoms with van der Waals surface area (Å²) in [7, 11) is -5.87. The number of hydrogen-bond donors (Lipinski definition) is 2. The lowest BCUT2D eigenvalue weighted by molar-refractivity contribution is -0.154. The number of fused-ring (bicyclic) bond motifs is 3. The highest BCUT2D eigenvalue weighted by molar-refractivity contribution is 7.97. The number of nitrogen functional groups attached to an aromatic ring is 1. The number of amidine groups is 1. The topological polar surface area (TPSA) is 373 Å². The second-order valence-corrected chi connectivity index (χ2v) is 39.1. The van der Waals surface area contributed by atoms with Gasteiger partial charge in [0, 0.05) is 42.4 Å². The average Bonchev–Trinajstić information content (AvgIpc) is 0.716. The van der Waals surface area contributed by atoms with E-state index in [4.69, 9.17) is 40.4 Å². The van der Waals surface area contributed by atoms with Crippen LogP contribution < -0.4 is 20.9 Å². The summed E-state index contributed by atoms with van der Waals surface area (Å²) < 4.78 is 120. The Morgan fingerprint density at radius 3 is 1.16 bits per heavy atom. The Hall–Kier alpha value is -8.26. The highest BCUT2D eigenvalue weighted by atomic mass is 32.2. The van der Waals surface area contributed by atoms with Crippen molar-refractivity contribution in [3.05, 3.63) is 118 Å². The molecule has 0 bridgehead atoms. The Balaban J connectivity index is 0.000000182. The number of aliphatic imine (C=N–C) groups is 3. The zero-order valence-electron chi connectivity index (χ0n) is 61.5. The maximum absolute atomic E-state index is 15.6. The summed E-state index contributed by atoms with van der Waals surface area (Å²) in [5.74, 6) is -2.62. The highest BCUT2D eigenvalue weighted by Gasteiger charge is 2.60. The lowest BCUT2D eigenvalue weighted by Crippen LogP contribution is -2.60. The lowest BCUT2D eigenvalue weighted by Gasteiger charge is -2.48. The van der Waals surface area contributed by atoms with E-state index in [1.54, 1.807) is 104 Å². The van der Waals surface area contributed by atoms with Crippen molar-refractivity contribution in [1.82, 2.24) is 34.9 Å². The quantitative estimate of drug-likeness (QED) is 0.0726. The fourth-order valence-corrected chi connectivity index (χ4v) is 23.8. The molecule has 0 spiro atoms. The van der Waals surface area contributed by atoms with Crippen LogP contribution in [0, 0.1) is 17.5 Å². The van der Waals surface area contributed by atoms with Crippen LogP contribution in [0.3, 0.4) is 0 Å². The Kier molecular flexibility index (Phi) is 22.2. The Morgan fingerprint density at radius 2 is 0.816 bits per heavy atom. The number of Topliss-reactive ketones (excluding diaryl/α,β-unsaturated/α-hetero) is 2. The predicted molar refractivity (Wildman–Crippen MR) is 387 cm³/mol. The molecule has 0 fully saturated rings. The number of carbonyl (C=O) groups is 4. The fourth-order valence-electron chi connectivity index (χ4n) is 13.9. The predicted octanol–water partition coefficient (Wildman–Crippen LogP) is 10.3. The first kappa shape index (κ1) is 78.9. The van der Waals surface area contributed by atoms with Gasteiger partial charge in [-0.1, -0.05) is 0 Å². The number of rotatable bonds is 15. The molecule has 9 atom stereocenters. The first-order valence-electron chi connectivity index (χ1n) is 34.0. The van der Waals surface area contributed by atoms with Gasteiger partial charge in [0.15, 0.2) is 11.6 Å². The number of hydrogen-bond acceptors (Lipinski definition) is 26. The van der Waals surface area contributed by atoms with E-state index in [-0.39, 0.29) is 83.3 Å². The zero-order chi connectivity index (χ0) is 76.1. The van der Waals surface area contributed by atoms with Gasteiger partial charge in [0.1, 0.15) is 90.1 Å². The maximum atomic E-state index is 15.6. The Labute approximate surface area is 600 Å². The number of esters is 2. The van der Waals surface area contributed by atoms with E-state index in [2.05, 4.69) is 53.0 Å². The van der Waals surface area contributed by atoms with Crippen LogP contribution in [-0.4, -0.2) is 163 Å². The first-order valence-corrected chi connectivity index (χ1v) is 38.7. The molecule has 558 valence electrons. The number of carbonyl (C=O) groups excluding carboxylic acids is 4. The summed E-state index contributed by atoms with van der Waals surface area (Å²) in [5, 5.41) is -1.74. The third-order valence-corrected chi connectivity index (χ3v) is 30.7. The van der Waals surface area contributed by atoms with Gasteiger partial charge in [-0.05, 0) is 179 Å². The molecule has 5 aromatic heterocycles. The minimum absolute atomic E-state index is 0.0156. The fraction of sp³-hybridized carbons (Fsp3) is 0.577. The molecular formula is C71H94F3N15O11S3. The summed E-state index contributed by atoms with van der Waals surface area (Å²) in [6, 6.07) is 7.98. The van der Waals surface area contributed by atoms with E-state index in [0.717, 1.165) is 12.8 Å². The minimum atomic E-state index is -3.02. The largest absolute Gasteiger partial charge is 0.480 e. The number of nitrogens with zero attached hydrogens (tertiary/aromatic N) is 13. The summed E-state index contributed by atoms with van der Waals surface area (Å²) in [4.78, 5) is 94.9. The number of nitrogens with two attached hydrogens (primary N) is 2. The second kappa shape index (κ2) is 29.0. The molecule has 0 radical (unpaired) electrons. The van der Waals surface area contributed by atoms with E-state index >= 15 is 8.78 Å². The van der Waals surface area contributed by atoms with Gasteiger partial charge in [0.2, 0.25) is 11.8 Å². The Morgan fingerprint density at radius 1 is 0.476 bits per heavy atom. The van der Waals surface area contributed by atoms with Crippen molar-refractivity contribution in [3.63, 3.8) is 0 Å². The van der Waals surface area contributed by atoms with E-state index in [9.17, 15) is 36.2 Å². The Bertz CT molecular complexity index is 4670. The zero-order valence-corrected chi connectivity index (χ0v) is 64.0. The number of halogens is 3. The van der Waals surface area contributed by atoms with Crippen molar-refractivity contribution in [2.75, 3.05) is 39.6 Å². The molecular weight excluding hydrogens is 1390 g/mol. The number of anilines is 1. The molecule has 0 unspecified atom stereocenters. The molecule has 11 heterocycles. The maximum Gasteiger partial charge on any atom is 0.312 e. The van der Waals surface area contributed by atoms with Gasteiger partial charge in [-0.25, -0.2) is 63.8 Å². The number of pyridine rings is 3. The normalized spacial score (nSPS) is 28.0. The van der Waals surface area contributed by atoms with E-state index in [0.29, 0.717) is 74.0 Å². The molecule has 0 saturated heterocycles. The molecule has 103 heavy (non-hydrogen) atoms. The molecule has 5 aromatic rings. The molecule has 0 aliphatic carbocycles. The molecule has 0 saturated carbocycles. The average molecular weight is 1490 g/mol. The highest BCUT2D eigenvalue weighted by Crippen LogP contribution is 2.51. The molecule has 6 aliphatic heterocycles. The molecule has 4 N–H and O–H groups in total. The van der Waals surface area contributed by atoms with Crippen LogP contribution in [0.4, 0.5) is 19.0 Å². The van der Waals surface area contributed by atoms with Crippen molar-refractivity contribution in [2.24, 2.45) is 33.8 Å².